The maximum absolute atomic E-state index is 6.15. The van der Waals surface area contributed by atoms with Crippen molar-refractivity contribution in [3.05, 3.63) is 33.1 Å². The first-order chi connectivity index (χ1) is 7.63. The van der Waals surface area contributed by atoms with Gasteiger partial charge < -0.3 is 5.32 Å². The second-order valence-electron chi connectivity index (χ2n) is 3.33. The summed E-state index contributed by atoms with van der Waals surface area (Å²) in [5.41, 5.74) is 1.95. The van der Waals surface area contributed by atoms with Gasteiger partial charge in [0.25, 0.3) is 0 Å². The monoisotopic (exact) mass is 272 g/mol. The first-order valence-corrected chi connectivity index (χ1v) is 6.35. The lowest BCUT2D eigenvalue weighted by molar-refractivity contribution is 1.29. The first-order valence-electron chi connectivity index (χ1n) is 4.71. The SMILES string of the molecule is CNc1nc(-c2sccc2C)c(Cl)cc1Cl. The maximum atomic E-state index is 6.15. The largest absolute Gasteiger partial charge is 0.372 e. The van der Waals surface area contributed by atoms with Gasteiger partial charge in [-0.2, -0.15) is 0 Å². The van der Waals surface area contributed by atoms with E-state index in [1.807, 2.05) is 18.4 Å². The summed E-state index contributed by atoms with van der Waals surface area (Å²) in [4.78, 5) is 5.51. The van der Waals surface area contributed by atoms with E-state index in [2.05, 4.69) is 10.3 Å². The molecule has 2 rings (SSSR count). The molecule has 2 aromatic heterocycles. The highest BCUT2D eigenvalue weighted by atomic mass is 35.5. The molecule has 84 valence electrons. The van der Waals surface area contributed by atoms with E-state index in [9.17, 15) is 0 Å². The van der Waals surface area contributed by atoms with Crippen LogP contribution in [0.25, 0.3) is 10.6 Å². The molecule has 0 atom stereocenters. The number of hydrogen-bond donors (Lipinski definition) is 1. The number of pyridine rings is 1. The van der Waals surface area contributed by atoms with E-state index < -0.39 is 0 Å². The average molecular weight is 273 g/mol. The average Bonchev–Trinajstić information content (AvgIpc) is 2.65. The van der Waals surface area contributed by atoms with Crippen molar-refractivity contribution in [2.75, 3.05) is 12.4 Å². The van der Waals surface area contributed by atoms with Crippen molar-refractivity contribution in [1.82, 2.24) is 4.98 Å². The minimum Gasteiger partial charge on any atom is -0.372 e. The minimum absolute atomic E-state index is 0.533. The van der Waals surface area contributed by atoms with Crippen LogP contribution < -0.4 is 5.32 Å². The summed E-state index contributed by atoms with van der Waals surface area (Å²) in [7, 11) is 1.78. The molecule has 0 saturated carbocycles. The van der Waals surface area contributed by atoms with E-state index in [1.54, 1.807) is 24.5 Å². The molecule has 0 aliphatic carbocycles. The number of aromatic nitrogens is 1. The van der Waals surface area contributed by atoms with Crippen LogP contribution >= 0.6 is 34.5 Å². The Kier molecular flexibility index (Phi) is 3.38. The van der Waals surface area contributed by atoms with Crippen LogP contribution in [0.4, 0.5) is 5.82 Å². The van der Waals surface area contributed by atoms with Gasteiger partial charge in [0.15, 0.2) is 0 Å². The van der Waals surface area contributed by atoms with Gasteiger partial charge in [0, 0.05) is 7.05 Å². The highest BCUT2D eigenvalue weighted by Gasteiger charge is 2.13. The lowest BCUT2D eigenvalue weighted by Crippen LogP contribution is -1.95. The van der Waals surface area contributed by atoms with Crippen LogP contribution in [0.2, 0.25) is 10.0 Å². The molecule has 5 heteroatoms. The normalized spacial score (nSPS) is 10.5. The van der Waals surface area contributed by atoms with Crippen molar-refractivity contribution in [2.45, 2.75) is 6.92 Å². The second kappa shape index (κ2) is 4.62. The van der Waals surface area contributed by atoms with Crippen molar-refractivity contribution in [1.29, 1.82) is 0 Å². The summed E-state index contributed by atoms with van der Waals surface area (Å²) in [6, 6.07) is 3.77. The van der Waals surface area contributed by atoms with Gasteiger partial charge in [0.2, 0.25) is 0 Å². The number of aryl methyl sites for hydroxylation is 1. The zero-order chi connectivity index (χ0) is 11.7. The summed E-state index contributed by atoms with van der Waals surface area (Å²) in [5.74, 6) is 0.647. The van der Waals surface area contributed by atoms with Gasteiger partial charge in [-0.15, -0.1) is 11.3 Å². The first kappa shape index (κ1) is 11.7. The Morgan fingerprint density at radius 1 is 1.31 bits per heavy atom. The van der Waals surface area contributed by atoms with Crippen molar-refractivity contribution in [3.63, 3.8) is 0 Å². The zero-order valence-corrected chi connectivity index (χ0v) is 11.2. The standard InChI is InChI=1S/C11H10Cl2N2S/c1-6-3-4-16-10(6)9-7(12)5-8(13)11(14-2)15-9/h3-5H,1-2H3,(H,14,15). The number of anilines is 1. The summed E-state index contributed by atoms with van der Waals surface area (Å²) >= 11 is 13.8. The van der Waals surface area contributed by atoms with E-state index in [-0.39, 0.29) is 0 Å². The molecule has 0 aliphatic rings. The number of halogens is 2. The van der Waals surface area contributed by atoms with Gasteiger partial charge in [-0.25, -0.2) is 4.98 Å². The number of nitrogens with one attached hydrogen (secondary N) is 1. The Morgan fingerprint density at radius 3 is 2.62 bits per heavy atom. The molecule has 0 aliphatic heterocycles. The highest BCUT2D eigenvalue weighted by molar-refractivity contribution is 7.13. The highest BCUT2D eigenvalue weighted by Crippen LogP contribution is 2.36. The van der Waals surface area contributed by atoms with Crippen molar-refractivity contribution in [3.8, 4) is 10.6 Å². The Labute approximate surface area is 108 Å². The van der Waals surface area contributed by atoms with Crippen molar-refractivity contribution in [2.24, 2.45) is 0 Å². The van der Waals surface area contributed by atoms with Crippen LogP contribution in [-0.4, -0.2) is 12.0 Å². The lowest BCUT2D eigenvalue weighted by atomic mass is 10.2. The molecular weight excluding hydrogens is 263 g/mol. The van der Waals surface area contributed by atoms with Crippen LogP contribution in [0.3, 0.4) is 0 Å². The van der Waals surface area contributed by atoms with E-state index in [4.69, 9.17) is 23.2 Å². The molecule has 0 aromatic carbocycles. The molecule has 1 N–H and O–H groups in total. The molecular formula is C11H10Cl2N2S. The van der Waals surface area contributed by atoms with Crippen molar-refractivity contribution >= 4 is 40.4 Å². The smallest absolute Gasteiger partial charge is 0.145 e. The summed E-state index contributed by atoms with van der Waals surface area (Å²) in [5, 5.41) is 6.08. The number of thiophene rings is 1. The van der Waals surface area contributed by atoms with Gasteiger partial charge in [-0.3, -0.25) is 0 Å². The van der Waals surface area contributed by atoms with Crippen LogP contribution in [-0.2, 0) is 0 Å². The van der Waals surface area contributed by atoms with Crippen LogP contribution in [0.5, 0.6) is 0 Å². The molecule has 0 amide bonds. The summed E-state index contributed by atoms with van der Waals surface area (Å²) in [6.45, 7) is 2.04. The molecule has 0 radical (unpaired) electrons. The fourth-order valence-corrected chi connectivity index (χ4v) is 2.95. The number of rotatable bonds is 2. The predicted octanol–water partition coefficient (Wildman–Crippen LogP) is 4.47. The van der Waals surface area contributed by atoms with Gasteiger partial charge in [0.1, 0.15) is 11.5 Å². The molecule has 0 unspecified atom stereocenters. The van der Waals surface area contributed by atoms with Gasteiger partial charge in [-0.05, 0) is 30.0 Å². The topological polar surface area (TPSA) is 24.9 Å². The third-order valence-electron chi connectivity index (χ3n) is 2.24. The maximum Gasteiger partial charge on any atom is 0.145 e. The summed E-state index contributed by atoms with van der Waals surface area (Å²) < 4.78 is 0. The quantitative estimate of drug-likeness (QED) is 0.873. The molecule has 0 spiro atoms. The predicted molar refractivity (Wildman–Crippen MR) is 71.9 cm³/mol. The fraction of sp³-hybridized carbons (Fsp3) is 0.182. The molecule has 0 fully saturated rings. The van der Waals surface area contributed by atoms with E-state index in [1.165, 1.54) is 5.56 Å². The molecule has 2 aromatic rings. The Bertz CT molecular complexity index is 523. The summed E-state index contributed by atoms with van der Waals surface area (Å²) in [6.07, 6.45) is 0. The lowest BCUT2D eigenvalue weighted by Gasteiger charge is -2.07. The Morgan fingerprint density at radius 2 is 2.06 bits per heavy atom. The van der Waals surface area contributed by atoms with E-state index in [0.717, 1.165) is 10.6 Å². The van der Waals surface area contributed by atoms with Gasteiger partial charge >= 0.3 is 0 Å². The minimum atomic E-state index is 0.533. The van der Waals surface area contributed by atoms with Crippen LogP contribution in [0.15, 0.2) is 17.5 Å². The third-order valence-corrected chi connectivity index (χ3v) is 3.84. The number of hydrogen-bond acceptors (Lipinski definition) is 3. The molecule has 0 saturated heterocycles. The Hall–Kier alpha value is -0.770. The van der Waals surface area contributed by atoms with E-state index in [0.29, 0.717) is 15.9 Å². The zero-order valence-electron chi connectivity index (χ0n) is 8.84. The van der Waals surface area contributed by atoms with Crippen LogP contribution in [0.1, 0.15) is 5.56 Å². The molecule has 2 heterocycles. The fourth-order valence-electron chi connectivity index (χ4n) is 1.42. The van der Waals surface area contributed by atoms with Crippen LogP contribution in [0, 0.1) is 6.92 Å². The molecule has 2 nitrogen and oxygen atoms in total. The molecule has 0 bridgehead atoms. The van der Waals surface area contributed by atoms with Gasteiger partial charge in [0.05, 0.1) is 14.9 Å². The Balaban J connectivity index is 2.61. The van der Waals surface area contributed by atoms with Crippen molar-refractivity contribution < 1.29 is 0 Å². The van der Waals surface area contributed by atoms with Gasteiger partial charge in [-0.1, -0.05) is 23.2 Å². The molecule has 16 heavy (non-hydrogen) atoms. The van der Waals surface area contributed by atoms with E-state index >= 15 is 0 Å². The second-order valence-corrected chi connectivity index (χ2v) is 5.06. The third kappa shape index (κ3) is 2.03. The number of nitrogens with zero attached hydrogens (tertiary/aromatic N) is 1.